The van der Waals surface area contributed by atoms with E-state index >= 15 is 0 Å². The van der Waals surface area contributed by atoms with Gasteiger partial charge in [-0.3, -0.25) is 9.67 Å². The molecule has 0 spiro atoms. The third-order valence-electron chi connectivity index (χ3n) is 4.52. The molecule has 7 heteroatoms. The molecular weight excluding hydrogens is 324 g/mol. The van der Waals surface area contributed by atoms with Gasteiger partial charge in [-0.25, -0.2) is 12.7 Å². The summed E-state index contributed by atoms with van der Waals surface area (Å²) in [5, 5.41) is 4.36. The van der Waals surface area contributed by atoms with Gasteiger partial charge in [0.15, 0.2) is 0 Å². The van der Waals surface area contributed by atoms with Crippen LogP contribution in [0.4, 0.5) is 0 Å². The van der Waals surface area contributed by atoms with Crippen LogP contribution in [-0.4, -0.2) is 46.8 Å². The normalized spacial score (nSPS) is 19.5. The highest BCUT2D eigenvalue weighted by atomic mass is 32.2. The summed E-state index contributed by atoms with van der Waals surface area (Å²) in [4.78, 5) is 4.49. The molecule has 3 rings (SSSR count). The lowest BCUT2D eigenvalue weighted by atomic mass is 9.91. The highest BCUT2D eigenvalue weighted by molar-refractivity contribution is 7.88. The second-order valence-electron chi connectivity index (χ2n) is 6.37. The van der Waals surface area contributed by atoms with E-state index in [2.05, 4.69) is 23.1 Å². The summed E-state index contributed by atoms with van der Waals surface area (Å²) in [6.07, 6.45) is 7.81. The molecule has 6 nitrogen and oxygen atoms in total. The minimum atomic E-state index is -3.13. The van der Waals surface area contributed by atoms with Crippen LogP contribution in [-0.2, 0) is 16.6 Å². The first kappa shape index (κ1) is 17.1. The maximum Gasteiger partial charge on any atom is 0.211 e. The monoisotopic (exact) mass is 348 g/mol. The Bertz CT molecular complexity index is 800. The lowest BCUT2D eigenvalue weighted by Gasteiger charge is -2.31. The number of sulfonamides is 1. The topological polar surface area (TPSA) is 68.1 Å². The van der Waals surface area contributed by atoms with Crippen molar-refractivity contribution in [1.29, 1.82) is 0 Å². The van der Waals surface area contributed by atoms with Gasteiger partial charge in [0.25, 0.3) is 0 Å². The molecule has 2 aromatic rings. The second-order valence-corrected chi connectivity index (χ2v) is 8.36. The summed E-state index contributed by atoms with van der Waals surface area (Å²) in [5.74, 6) is 0.220. The predicted octanol–water partition coefficient (Wildman–Crippen LogP) is 2.49. The molecule has 1 aliphatic rings. The van der Waals surface area contributed by atoms with Crippen molar-refractivity contribution in [3.8, 4) is 11.4 Å². The van der Waals surface area contributed by atoms with Crippen molar-refractivity contribution >= 4 is 10.0 Å². The largest absolute Gasteiger partial charge is 0.263 e. The van der Waals surface area contributed by atoms with Crippen LogP contribution in [0.2, 0.25) is 0 Å². The Morgan fingerprint density at radius 3 is 2.88 bits per heavy atom. The van der Waals surface area contributed by atoms with E-state index < -0.39 is 10.0 Å². The first-order valence-electron chi connectivity index (χ1n) is 8.42. The molecule has 0 aliphatic carbocycles. The van der Waals surface area contributed by atoms with Crippen LogP contribution in [0.3, 0.4) is 0 Å². The van der Waals surface area contributed by atoms with Gasteiger partial charge in [0, 0.05) is 32.0 Å². The molecule has 24 heavy (non-hydrogen) atoms. The van der Waals surface area contributed by atoms with E-state index in [1.165, 1.54) is 6.26 Å². The smallest absolute Gasteiger partial charge is 0.211 e. The summed E-state index contributed by atoms with van der Waals surface area (Å²) >= 11 is 0. The van der Waals surface area contributed by atoms with Crippen molar-refractivity contribution in [3.05, 3.63) is 36.2 Å². The molecule has 3 heterocycles. The molecule has 1 aliphatic heterocycles. The number of nitrogens with zero attached hydrogens (tertiary/aromatic N) is 4. The number of aromatic nitrogens is 3. The van der Waals surface area contributed by atoms with Crippen LogP contribution < -0.4 is 0 Å². The molecule has 1 saturated heterocycles. The van der Waals surface area contributed by atoms with Gasteiger partial charge < -0.3 is 0 Å². The molecule has 0 unspecified atom stereocenters. The molecule has 1 atom stereocenters. The zero-order valence-electron chi connectivity index (χ0n) is 14.2. The van der Waals surface area contributed by atoms with Gasteiger partial charge in [-0.05, 0) is 48.9 Å². The van der Waals surface area contributed by atoms with E-state index in [-0.39, 0.29) is 5.92 Å². The van der Waals surface area contributed by atoms with E-state index in [1.54, 1.807) is 10.5 Å². The van der Waals surface area contributed by atoms with Crippen LogP contribution in [0, 0.1) is 0 Å². The number of rotatable bonds is 5. The van der Waals surface area contributed by atoms with Crippen molar-refractivity contribution in [2.24, 2.45) is 0 Å². The van der Waals surface area contributed by atoms with Crippen LogP contribution in [0.1, 0.15) is 37.7 Å². The Labute approximate surface area is 143 Å². The lowest BCUT2D eigenvalue weighted by molar-refractivity contribution is 0.317. The molecule has 130 valence electrons. The standard InChI is InChI=1S/C17H24N4O2S/c1-3-10-21-17(7-9-19-21)16-12-14(6-8-18-16)15-5-4-11-20(13-15)24(2,22)23/h6-9,12,15H,3-5,10-11,13H2,1-2H3/t15-/m0/s1. The van der Waals surface area contributed by atoms with E-state index in [0.29, 0.717) is 13.1 Å². The van der Waals surface area contributed by atoms with E-state index in [4.69, 9.17) is 0 Å². The fraction of sp³-hybridized carbons (Fsp3) is 0.529. The van der Waals surface area contributed by atoms with Crippen LogP contribution >= 0.6 is 0 Å². The highest BCUT2D eigenvalue weighted by Crippen LogP contribution is 2.30. The number of hydrogen-bond donors (Lipinski definition) is 0. The van der Waals surface area contributed by atoms with Gasteiger partial charge in [0.1, 0.15) is 0 Å². The third kappa shape index (κ3) is 3.67. The first-order valence-corrected chi connectivity index (χ1v) is 10.3. The maximum absolute atomic E-state index is 11.8. The average Bonchev–Trinajstić information content (AvgIpc) is 3.03. The molecule has 0 radical (unpaired) electrons. The fourth-order valence-corrected chi connectivity index (χ4v) is 4.21. The lowest BCUT2D eigenvalue weighted by Crippen LogP contribution is -2.38. The summed E-state index contributed by atoms with van der Waals surface area (Å²) in [7, 11) is -3.13. The van der Waals surface area contributed by atoms with E-state index in [9.17, 15) is 8.42 Å². The highest BCUT2D eigenvalue weighted by Gasteiger charge is 2.27. The third-order valence-corrected chi connectivity index (χ3v) is 5.79. The van der Waals surface area contributed by atoms with Gasteiger partial charge in [-0.15, -0.1) is 0 Å². The van der Waals surface area contributed by atoms with Crippen molar-refractivity contribution in [1.82, 2.24) is 19.1 Å². The predicted molar refractivity (Wildman–Crippen MR) is 94.1 cm³/mol. The molecule has 0 bridgehead atoms. The Balaban J connectivity index is 1.86. The van der Waals surface area contributed by atoms with Gasteiger partial charge in [-0.1, -0.05) is 6.92 Å². The number of pyridine rings is 1. The second kappa shape index (κ2) is 7.03. The SMILES string of the molecule is CCCn1nccc1-c1cc([C@H]2CCCN(S(C)(=O)=O)C2)ccn1. The maximum atomic E-state index is 11.8. The minimum Gasteiger partial charge on any atom is -0.263 e. The van der Waals surface area contributed by atoms with Crippen LogP contribution in [0.15, 0.2) is 30.6 Å². The zero-order valence-corrected chi connectivity index (χ0v) is 15.0. The molecular formula is C17H24N4O2S. The Hall–Kier alpha value is -1.73. The van der Waals surface area contributed by atoms with Crippen molar-refractivity contribution in [2.45, 2.75) is 38.6 Å². The van der Waals surface area contributed by atoms with Crippen LogP contribution in [0.25, 0.3) is 11.4 Å². The van der Waals surface area contributed by atoms with Gasteiger partial charge in [0.05, 0.1) is 17.6 Å². The summed E-state index contributed by atoms with van der Waals surface area (Å²) in [5.41, 5.74) is 3.06. The Morgan fingerprint density at radius 1 is 1.29 bits per heavy atom. The summed E-state index contributed by atoms with van der Waals surface area (Å²) in [6, 6.07) is 6.06. The van der Waals surface area contributed by atoms with E-state index in [0.717, 1.165) is 42.8 Å². The summed E-state index contributed by atoms with van der Waals surface area (Å²) < 4.78 is 27.2. The van der Waals surface area contributed by atoms with Gasteiger partial charge >= 0.3 is 0 Å². The first-order chi connectivity index (χ1) is 11.5. The number of aryl methyl sites for hydroxylation is 1. The Morgan fingerprint density at radius 2 is 2.12 bits per heavy atom. The quantitative estimate of drug-likeness (QED) is 0.832. The fourth-order valence-electron chi connectivity index (χ4n) is 3.30. The van der Waals surface area contributed by atoms with Crippen molar-refractivity contribution in [2.75, 3.05) is 19.3 Å². The zero-order chi connectivity index (χ0) is 17.2. The summed E-state index contributed by atoms with van der Waals surface area (Å²) in [6.45, 7) is 4.16. The Kier molecular flexibility index (Phi) is 5.01. The molecule has 0 amide bonds. The minimum absolute atomic E-state index is 0.220. The van der Waals surface area contributed by atoms with E-state index in [1.807, 2.05) is 23.0 Å². The van der Waals surface area contributed by atoms with Gasteiger partial charge in [0.2, 0.25) is 10.0 Å². The van der Waals surface area contributed by atoms with Gasteiger partial charge in [-0.2, -0.15) is 5.10 Å². The molecule has 1 fully saturated rings. The van der Waals surface area contributed by atoms with Crippen molar-refractivity contribution in [3.63, 3.8) is 0 Å². The molecule has 0 N–H and O–H groups in total. The number of hydrogen-bond acceptors (Lipinski definition) is 4. The molecule has 0 aromatic carbocycles. The molecule has 2 aromatic heterocycles. The molecule has 0 saturated carbocycles. The average molecular weight is 348 g/mol. The number of piperidine rings is 1. The van der Waals surface area contributed by atoms with Crippen molar-refractivity contribution < 1.29 is 8.42 Å². The van der Waals surface area contributed by atoms with Crippen LogP contribution in [0.5, 0.6) is 0 Å².